The second kappa shape index (κ2) is 6.33. The van der Waals surface area contributed by atoms with Gasteiger partial charge in [0.1, 0.15) is 5.54 Å². The molecule has 4 rings (SSSR count). The summed E-state index contributed by atoms with van der Waals surface area (Å²) >= 11 is 0. The second-order valence-corrected chi connectivity index (χ2v) is 7.18. The number of urea groups is 1. The normalized spacial score (nSPS) is 18.4. The number of para-hydroxylation sites is 1. The van der Waals surface area contributed by atoms with Crippen LogP contribution in [-0.2, 0) is 16.1 Å². The van der Waals surface area contributed by atoms with E-state index in [4.69, 9.17) is 4.74 Å². The molecule has 1 saturated heterocycles. The van der Waals surface area contributed by atoms with Crippen molar-refractivity contribution in [2.24, 2.45) is 0 Å². The molecule has 1 spiro atoms. The van der Waals surface area contributed by atoms with Crippen LogP contribution in [0.15, 0.2) is 24.3 Å². The first kappa shape index (κ1) is 17.5. The molecule has 1 saturated carbocycles. The first-order valence-electron chi connectivity index (χ1n) is 9.07. The van der Waals surface area contributed by atoms with Crippen LogP contribution < -0.4 is 5.32 Å². The van der Waals surface area contributed by atoms with Crippen LogP contribution in [0.2, 0.25) is 0 Å². The minimum Gasteiger partial charge on any atom is -0.465 e. The molecule has 27 heavy (non-hydrogen) atoms. The molecule has 0 unspecified atom stereocenters. The third kappa shape index (κ3) is 2.65. The lowest BCUT2D eigenvalue weighted by Crippen LogP contribution is -2.44. The third-order valence-electron chi connectivity index (χ3n) is 5.63. The third-order valence-corrected chi connectivity index (χ3v) is 5.63. The van der Waals surface area contributed by atoms with Crippen LogP contribution in [0.4, 0.5) is 4.79 Å². The van der Waals surface area contributed by atoms with E-state index in [0.29, 0.717) is 29.6 Å². The highest BCUT2D eigenvalue weighted by molar-refractivity contribution is 6.07. The summed E-state index contributed by atoms with van der Waals surface area (Å²) in [5.74, 6) is -0.753. The van der Waals surface area contributed by atoms with Gasteiger partial charge in [-0.15, -0.1) is 0 Å². The van der Waals surface area contributed by atoms with E-state index < -0.39 is 17.5 Å². The van der Waals surface area contributed by atoms with Crippen molar-refractivity contribution in [2.75, 3.05) is 7.11 Å². The number of esters is 1. The minimum atomic E-state index is -0.783. The van der Waals surface area contributed by atoms with E-state index in [0.717, 1.165) is 23.8 Å². The van der Waals surface area contributed by atoms with Crippen molar-refractivity contribution in [1.82, 2.24) is 15.2 Å². The van der Waals surface area contributed by atoms with Gasteiger partial charge in [0.05, 0.1) is 30.4 Å². The van der Waals surface area contributed by atoms with Gasteiger partial charge in [-0.1, -0.05) is 31.0 Å². The van der Waals surface area contributed by atoms with E-state index in [2.05, 4.69) is 10.3 Å². The number of hydrogen-bond acceptors (Lipinski definition) is 5. The number of carbonyl (C=O) groups is 3. The number of rotatable bonds is 3. The molecule has 1 N–H and O–H groups in total. The molecule has 1 aromatic heterocycles. The number of methoxy groups -OCH3 is 1. The Bertz CT molecular complexity index is 963. The molecule has 1 aliphatic heterocycles. The quantitative estimate of drug-likeness (QED) is 0.666. The van der Waals surface area contributed by atoms with Crippen LogP contribution >= 0.6 is 0 Å². The summed E-state index contributed by atoms with van der Waals surface area (Å²) in [6.07, 6.45) is 3.14. The molecule has 0 bridgehead atoms. The van der Waals surface area contributed by atoms with Crippen molar-refractivity contribution in [1.29, 1.82) is 0 Å². The number of imide groups is 1. The van der Waals surface area contributed by atoms with E-state index in [1.165, 1.54) is 12.0 Å². The summed E-state index contributed by atoms with van der Waals surface area (Å²) in [6.45, 7) is 1.77. The molecular formula is C20H21N3O4. The molecule has 1 aliphatic carbocycles. The SMILES string of the molecule is COC(=O)c1c(CN2C(=O)NC3(CCCC3)C2=O)nc2ccccc2c1C. The zero-order valence-corrected chi connectivity index (χ0v) is 15.4. The minimum absolute atomic E-state index is 0.0531. The van der Waals surface area contributed by atoms with Crippen LogP contribution in [0, 0.1) is 6.92 Å². The standard InChI is InChI=1S/C20H21N3O4/c1-12-13-7-3-4-8-14(13)21-15(16(12)17(24)27-2)11-23-18(25)20(22-19(23)26)9-5-6-10-20/h3-4,7-8H,5-6,9-11H2,1-2H3,(H,22,26). The van der Waals surface area contributed by atoms with Crippen LogP contribution in [0.1, 0.15) is 47.3 Å². The van der Waals surface area contributed by atoms with Crippen LogP contribution in [0.3, 0.4) is 0 Å². The predicted molar refractivity (Wildman–Crippen MR) is 98.1 cm³/mol. The molecule has 7 nitrogen and oxygen atoms in total. The van der Waals surface area contributed by atoms with Gasteiger partial charge in [-0.05, 0) is 31.4 Å². The number of hydrogen-bond donors (Lipinski definition) is 1. The predicted octanol–water partition coefficient (Wildman–Crippen LogP) is 2.69. The Kier molecular flexibility index (Phi) is 4.09. The van der Waals surface area contributed by atoms with Crippen molar-refractivity contribution in [3.63, 3.8) is 0 Å². The molecule has 140 valence electrons. The molecule has 7 heteroatoms. The van der Waals surface area contributed by atoms with Crippen molar-refractivity contribution in [3.05, 3.63) is 41.1 Å². The number of benzene rings is 1. The monoisotopic (exact) mass is 367 g/mol. The Morgan fingerprint density at radius 3 is 2.67 bits per heavy atom. The molecule has 2 aromatic rings. The first-order valence-corrected chi connectivity index (χ1v) is 9.07. The second-order valence-electron chi connectivity index (χ2n) is 7.18. The lowest BCUT2D eigenvalue weighted by atomic mass is 9.97. The highest BCUT2D eigenvalue weighted by atomic mass is 16.5. The average Bonchev–Trinajstić information content (AvgIpc) is 3.22. The van der Waals surface area contributed by atoms with E-state index >= 15 is 0 Å². The zero-order valence-electron chi connectivity index (χ0n) is 15.4. The fourth-order valence-corrected chi connectivity index (χ4v) is 4.22. The number of ether oxygens (including phenoxy) is 1. The largest absolute Gasteiger partial charge is 0.465 e. The Balaban J connectivity index is 1.78. The number of nitrogens with zero attached hydrogens (tertiary/aromatic N) is 2. The van der Waals surface area contributed by atoms with Gasteiger partial charge in [-0.2, -0.15) is 0 Å². The average molecular weight is 367 g/mol. The molecule has 2 fully saturated rings. The van der Waals surface area contributed by atoms with Crippen LogP contribution in [0.5, 0.6) is 0 Å². The summed E-state index contributed by atoms with van der Waals surface area (Å²) in [6, 6.07) is 7.04. The van der Waals surface area contributed by atoms with Gasteiger partial charge in [0, 0.05) is 5.39 Å². The summed E-state index contributed by atoms with van der Waals surface area (Å²) in [7, 11) is 1.31. The summed E-state index contributed by atoms with van der Waals surface area (Å²) in [5.41, 5.74) is 1.33. The molecule has 0 atom stereocenters. The number of amides is 3. The number of nitrogens with one attached hydrogen (secondary N) is 1. The van der Waals surface area contributed by atoms with Gasteiger partial charge in [-0.3, -0.25) is 9.69 Å². The molecule has 1 aromatic carbocycles. The summed E-state index contributed by atoms with van der Waals surface area (Å²) in [5, 5.41) is 3.70. The van der Waals surface area contributed by atoms with Gasteiger partial charge < -0.3 is 10.1 Å². The highest BCUT2D eigenvalue weighted by Gasteiger charge is 2.52. The maximum Gasteiger partial charge on any atom is 0.340 e. The van der Waals surface area contributed by atoms with Crippen molar-refractivity contribution >= 4 is 28.8 Å². The van der Waals surface area contributed by atoms with Gasteiger partial charge in [-0.25, -0.2) is 14.6 Å². The van der Waals surface area contributed by atoms with Crippen molar-refractivity contribution < 1.29 is 19.1 Å². The summed E-state index contributed by atoms with van der Waals surface area (Å²) in [4.78, 5) is 43.6. The lowest BCUT2D eigenvalue weighted by Gasteiger charge is -2.21. The smallest absolute Gasteiger partial charge is 0.340 e. The maximum atomic E-state index is 12.9. The van der Waals surface area contributed by atoms with E-state index in [-0.39, 0.29) is 12.5 Å². The Morgan fingerprint density at radius 1 is 1.26 bits per heavy atom. The van der Waals surface area contributed by atoms with Gasteiger partial charge in [0.25, 0.3) is 5.91 Å². The lowest BCUT2D eigenvalue weighted by molar-refractivity contribution is -0.131. The Hall–Kier alpha value is -2.96. The molecule has 0 radical (unpaired) electrons. The summed E-state index contributed by atoms with van der Waals surface area (Å²) < 4.78 is 4.94. The first-order chi connectivity index (χ1) is 13.0. The number of aryl methyl sites for hydroxylation is 1. The van der Waals surface area contributed by atoms with Gasteiger partial charge >= 0.3 is 12.0 Å². The van der Waals surface area contributed by atoms with E-state index in [9.17, 15) is 14.4 Å². The van der Waals surface area contributed by atoms with E-state index in [1.54, 1.807) is 0 Å². The van der Waals surface area contributed by atoms with Crippen molar-refractivity contribution in [3.8, 4) is 0 Å². The van der Waals surface area contributed by atoms with Gasteiger partial charge in [0.15, 0.2) is 0 Å². The number of carbonyl (C=O) groups excluding carboxylic acids is 3. The fourth-order valence-electron chi connectivity index (χ4n) is 4.22. The highest BCUT2D eigenvalue weighted by Crippen LogP contribution is 2.36. The van der Waals surface area contributed by atoms with Crippen LogP contribution in [-0.4, -0.2) is 40.4 Å². The zero-order chi connectivity index (χ0) is 19.2. The topological polar surface area (TPSA) is 88.6 Å². The van der Waals surface area contributed by atoms with Crippen LogP contribution in [0.25, 0.3) is 10.9 Å². The van der Waals surface area contributed by atoms with Gasteiger partial charge in [0.2, 0.25) is 0 Å². The van der Waals surface area contributed by atoms with E-state index in [1.807, 2.05) is 31.2 Å². The van der Waals surface area contributed by atoms with Crippen molar-refractivity contribution in [2.45, 2.75) is 44.7 Å². The number of fused-ring (bicyclic) bond motifs is 1. The fraction of sp³-hybridized carbons (Fsp3) is 0.400. The molecule has 2 heterocycles. The Morgan fingerprint density at radius 2 is 1.96 bits per heavy atom. The number of pyridine rings is 1. The molecular weight excluding hydrogens is 346 g/mol. The molecule has 3 amide bonds. The molecule has 2 aliphatic rings. The Labute approximate surface area is 156 Å². The number of aromatic nitrogens is 1. The maximum absolute atomic E-state index is 12.9.